The van der Waals surface area contributed by atoms with Gasteiger partial charge in [0.05, 0.1) is 5.56 Å². The Hall–Kier alpha value is -1.19. The molecule has 0 saturated heterocycles. The van der Waals surface area contributed by atoms with Gasteiger partial charge in [-0.3, -0.25) is 9.89 Å². The summed E-state index contributed by atoms with van der Waals surface area (Å²) in [4.78, 5) is 11.9. The van der Waals surface area contributed by atoms with E-state index in [1.165, 1.54) is 0 Å². The summed E-state index contributed by atoms with van der Waals surface area (Å²) in [7, 11) is 0. The summed E-state index contributed by atoms with van der Waals surface area (Å²) in [5.41, 5.74) is 1.05. The number of fused-ring (bicyclic) bond motifs is 1. The lowest BCUT2D eigenvalue weighted by atomic mass is 10.00. The maximum absolute atomic E-state index is 11.9. The molecule has 1 aromatic rings. The van der Waals surface area contributed by atoms with Gasteiger partial charge < -0.3 is 5.32 Å². The van der Waals surface area contributed by atoms with Gasteiger partial charge >= 0.3 is 0 Å². The number of nitrogens with zero attached hydrogens (tertiary/aromatic N) is 1. The molecule has 1 aromatic heterocycles. The lowest BCUT2D eigenvalue weighted by Gasteiger charge is -2.18. The molecular formula is C10H17N3O. The van der Waals surface area contributed by atoms with Gasteiger partial charge in [0.1, 0.15) is 5.82 Å². The molecule has 0 aromatic carbocycles. The fourth-order valence-electron chi connectivity index (χ4n) is 1.89. The maximum atomic E-state index is 11.9. The lowest BCUT2D eigenvalue weighted by molar-refractivity contribution is 0.517. The first kappa shape index (κ1) is 9.37. The number of hydrogen-bond acceptors (Lipinski definition) is 2. The molecule has 4 nitrogen and oxygen atoms in total. The zero-order valence-electron chi connectivity index (χ0n) is 8.92. The van der Waals surface area contributed by atoms with Crippen molar-refractivity contribution in [3.63, 3.8) is 0 Å². The van der Waals surface area contributed by atoms with Crippen LogP contribution >= 0.6 is 0 Å². The van der Waals surface area contributed by atoms with Gasteiger partial charge in [0, 0.05) is 12.6 Å². The van der Waals surface area contributed by atoms with E-state index in [-0.39, 0.29) is 11.6 Å². The van der Waals surface area contributed by atoms with Crippen LogP contribution in [0.25, 0.3) is 0 Å². The molecule has 4 heteroatoms. The third-order valence-electron chi connectivity index (χ3n) is 2.71. The van der Waals surface area contributed by atoms with Gasteiger partial charge in [0.2, 0.25) is 0 Å². The number of hydrogen-bond donors (Lipinski definition) is 2. The average molecular weight is 195 g/mol. The molecule has 2 rings (SSSR count). The summed E-state index contributed by atoms with van der Waals surface area (Å²) >= 11 is 0. The Morgan fingerprint density at radius 2 is 2.21 bits per heavy atom. The predicted molar refractivity (Wildman–Crippen MR) is 56.8 cm³/mol. The van der Waals surface area contributed by atoms with Crippen LogP contribution in [-0.4, -0.2) is 16.3 Å². The van der Waals surface area contributed by atoms with Gasteiger partial charge in [-0.25, -0.2) is 4.68 Å². The van der Waals surface area contributed by atoms with Crippen molar-refractivity contribution in [1.29, 1.82) is 0 Å². The van der Waals surface area contributed by atoms with E-state index in [1.807, 2.05) is 13.8 Å². The van der Waals surface area contributed by atoms with Crippen LogP contribution in [0.2, 0.25) is 0 Å². The van der Waals surface area contributed by atoms with E-state index >= 15 is 0 Å². The van der Waals surface area contributed by atoms with Gasteiger partial charge in [-0.05, 0) is 26.2 Å². The van der Waals surface area contributed by atoms with E-state index in [2.05, 4.69) is 17.3 Å². The molecule has 0 spiro atoms. The zero-order valence-corrected chi connectivity index (χ0v) is 8.92. The lowest BCUT2D eigenvalue weighted by Crippen LogP contribution is -2.25. The molecule has 1 aliphatic heterocycles. The van der Waals surface area contributed by atoms with Crippen molar-refractivity contribution < 1.29 is 0 Å². The van der Waals surface area contributed by atoms with Gasteiger partial charge in [0.25, 0.3) is 5.56 Å². The maximum Gasteiger partial charge on any atom is 0.272 e. The number of H-pyrrole nitrogens is 1. The van der Waals surface area contributed by atoms with Crippen molar-refractivity contribution in [2.45, 2.75) is 33.2 Å². The fraction of sp³-hybridized carbons (Fsp3) is 0.700. The molecule has 14 heavy (non-hydrogen) atoms. The summed E-state index contributed by atoms with van der Waals surface area (Å²) in [6.45, 7) is 7.12. The summed E-state index contributed by atoms with van der Waals surface area (Å²) in [6, 6.07) is 0.199. The smallest absolute Gasteiger partial charge is 0.272 e. The van der Waals surface area contributed by atoms with Crippen LogP contribution in [-0.2, 0) is 6.42 Å². The van der Waals surface area contributed by atoms with Crippen molar-refractivity contribution in [3.05, 3.63) is 15.9 Å². The van der Waals surface area contributed by atoms with Crippen LogP contribution in [0.5, 0.6) is 0 Å². The Labute approximate surface area is 83.3 Å². The van der Waals surface area contributed by atoms with Crippen molar-refractivity contribution in [3.8, 4) is 0 Å². The minimum absolute atomic E-state index is 0.133. The zero-order chi connectivity index (χ0) is 10.3. The third kappa shape index (κ3) is 1.35. The normalized spacial score (nSPS) is 20.7. The number of aromatic nitrogens is 2. The highest BCUT2D eigenvalue weighted by Gasteiger charge is 2.21. The van der Waals surface area contributed by atoms with Crippen LogP contribution in [0.3, 0.4) is 0 Å². The van der Waals surface area contributed by atoms with Crippen LogP contribution in [0.1, 0.15) is 32.4 Å². The van der Waals surface area contributed by atoms with Crippen molar-refractivity contribution in [2.24, 2.45) is 5.92 Å². The summed E-state index contributed by atoms with van der Waals surface area (Å²) in [5, 5.41) is 6.37. The first-order valence-electron chi connectivity index (χ1n) is 5.17. The van der Waals surface area contributed by atoms with Crippen LogP contribution in [0, 0.1) is 5.92 Å². The molecular weight excluding hydrogens is 178 g/mol. The Morgan fingerprint density at radius 3 is 2.86 bits per heavy atom. The van der Waals surface area contributed by atoms with Gasteiger partial charge in [-0.15, -0.1) is 0 Å². The monoisotopic (exact) mass is 195 g/mol. The largest absolute Gasteiger partial charge is 0.370 e. The van der Waals surface area contributed by atoms with Gasteiger partial charge in [0.15, 0.2) is 0 Å². The van der Waals surface area contributed by atoms with Crippen molar-refractivity contribution >= 4 is 5.82 Å². The molecule has 1 atom stereocenters. The Kier molecular flexibility index (Phi) is 2.13. The highest BCUT2D eigenvalue weighted by molar-refractivity contribution is 5.45. The topological polar surface area (TPSA) is 49.8 Å². The molecule has 0 fully saturated rings. The van der Waals surface area contributed by atoms with Gasteiger partial charge in [-0.1, -0.05) is 6.92 Å². The SMILES string of the molecule is CC(C)n1[nH]c2c(c1=O)C[C@@H](C)CN2. The minimum atomic E-state index is 0.133. The highest BCUT2D eigenvalue weighted by atomic mass is 16.1. The van der Waals surface area contributed by atoms with E-state index in [4.69, 9.17) is 0 Å². The molecule has 0 bridgehead atoms. The quantitative estimate of drug-likeness (QED) is 0.711. The fourth-order valence-corrected chi connectivity index (χ4v) is 1.89. The molecule has 2 N–H and O–H groups in total. The van der Waals surface area contributed by atoms with Crippen molar-refractivity contribution in [2.75, 3.05) is 11.9 Å². The molecule has 0 radical (unpaired) electrons. The second-order valence-electron chi connectivity index (χ2n) is 4.42. The molecule has 0 aliphatic carbocycles. The summed E-state index contributed by atoms with van der Waals surface area (Å²) in [5.74, 6) is 1.47. The Bertz CT molecular complexity index is 389. The molecule has 0 saturated carbocycles. The summed E-state index contributed by atoms with van der Waals surface area (Å²) in [6.07, 6.45) is 0.886. The van der Waals surface area contributed by atoms with Gasteiger partial charge in [-0.2, -0.15) is 0 Å². The third-order valence-corrected chi connectivity index (χ3v) is 2.71. The first-order valence-corrected chi connectivity index (χ1v) is 5.17. The number of rotatable bonds is 1. The van der Waals surface area contributed by atoms with Crippen LogP contribution < -0.4 is 10.9 Å². The van der Waals surface area contributed by atoms with E-state index in [0.29, 0.717) is 5.92 Å². The molecule has 1 aliphatic rings. The van der Waals surface area contributed by atoms with E-state index < -0.39 is 0 Å². The molecule has 78 valence electrons. The molecule has 0 amide bonds. The van der Waals surface area contributed by atoms with Crippen molar-refractivity contribution in [1.82, 2.24) is 9.78 Å². The molecule has 0 unspecified atom stereocenters. The molecule has 2 heterocycles. The first-order chi connectivity index (χ1) is 6.59. The predicted octanol–water partition coefficient (Wildman–Crippen LogP) is 1.36. The number of anilines is 1. The minimum Gasteiger partial charge on any atom is -0.370 e. The van der Waals surface area contributed by atoms with E-state index in [1.54, 1.807) is 4.68 Å². The van der Waals surface area contributed by atoms with E-state index in [9.17, 15) is 4.79 Å². The van der Waals surface area contributed by atoms with Crippen LogP contribution in [0.15, 0.2) is 4.79 Å². The Morgan fingerprint density at radius 1 is 1.50 bits per heavy atom. The second kappa shape index (κ2) is 3.19. The number of aromatic amines is 1. The standard InChI is InChI=1S/C10H17N3O/c1-6(2)13-10(14)8-4-7(3)5-11-9(8)12-13/h6-7,11-12H,4-5H2,1-3H3/t7-/m1/s1. The highest BCUT2D eigenvalue weighted by Crippen LogP contribution is 2.20. The average Bonchev–Trinajstić information content (AvgIpc) is 2.44. The van der Waals surface area contributed by atoms with Crippen LogP contribution in [0.4, 0.5) is 5.82 Å². The second-order valence-corrected chi connectivity index (χ2v) is 4.42. The van der Waals surface area contributed by atoms with E-state index in [0.717, 1.165) is 24.3 Å². The Balaban J connectivity index is 2.47. The number of nitrogens with one attached hydrogen (secondary N) is 2. The summed E-state index contributed by atoms with van der Waals surface area (Å²) < 4.78 is 1.69.